The van der Waals surface area contributed by atoms with E-state index in [0.717, 1.165) is 6.54 Å². The third-order valence-corrected chi connectivity index (χ3v) is 4.58. The minimum atomic E-state index is -0.0387. The first-order valence-corrected chi connectivity index (χ1v) is 7.17. The van der Waals surface area contributed by atoms with E-state index in [4.69, 9.17) is 4.42 Å². The molecule has 5 nitrogen and oxygen atoms in total. The van der Waals surface area contributed by atoms with Gasteiger partial charge in [0.15, 0.2) is 12.0 Å². The van der Waals surface area contributed by atoms with Gasteiger partial charge in [0, 0.05) is 12.6 Å². The van der Waals surface area contributed by atoms with Crippen molar-refractivity contribution in [2.45, 2.75) is 18.9 Å². The number of rotatable bonds is 2. The largest absolute Gasteiger partial charge is 0.443 e. The van der Waals surface area contributed by atoms with Crippen LogP contribution in [-0.2, 0) is 0 Å². The summed E-state index contributed by atoms with van der Waals surface area (Å²) >= 11 is 0. The molecule has 20 heavy (non-hydrogen) atoms. The molecule has 1 unspecified atom stereocenters. The van der Waals surface area contributed by atoms with Crippen LogP contribution in [0.3, 0.4) is 0 Å². The summed E-state index contributed by atoms with van der Waals surface area (Å²) in [7, 11) is 0. The first-order chi connectivity index (χ1) is 9.81. The van der Waals surface area contributed by atoms with E-state index in [1.807, 2.05) is 18.2 Å². The van der Waals surface area contributed by atoms with Gasteiger partial charge in [-0.25, -0.2) is 4.98 Å². The highest BCUT2D eigenvalue weighted by Crippen LogP contribution is 2.28. The molecule has 2 aromatic rings. The number of benzene rings is 1. The molecule has 5 heteroatoms. The molecule has 3 fully saturated rings. The zero-order chi connectivity index (χ0) is 13.5. The Morgan fingerprint density at radius 2 is 2.20 bits per heavy atom. The molecule has 0 aliphatic carbocycles. The van der Waals surface area contributed by atoms with Crippen molar-refractivity contribution in [1.29, 1.82) is 0 Å². The fourth-order valence-electron chi connectivity index (χ4n) is 3.44. The number of hydrogen-bond acceptors (Lipinski definition) is 4. The smallest absolute Gasteiger partial charge is 0.253 e. The van der Waals surface area contributed by atoms with Crippen molar-refractivity contribution >= 4 is 17.0 Å². The van der Waals surface area contributed by atoms with Gasteiger partial charge in [-0.2, -0.15) is 0 Å². The molecule has 0 saturated carbocycles. The standard InChI is InChI=1S/C15H17N3O2/c19-15(11-2-1-3-13-14(11)16-9-20-13)17-12-8-18-6-4-10(12)5-7-18/h1-3,9-10,12H,4-8H2,(H,17,19). The van der Waals surface area contributed by atoms with Crippen LogP contribution in [0.2, 0.25) is 0 Å². The van der Waals surface area contributed by atoms with E-state index in [2.05, 4.69) is 15.2 Å². The van der Waals surface area contributed by atoms with Crippen LogP contribution in [0.5, 0.6) is 0 Å². The highest BCUT2D eigenvalue weighted by molar-refractivity contribution is 6.04. The van der Waals surface area contributed by atoms with Crippen LogP contribution in [0.25, 0.3) is 11.1 Å². The Bertz CT molecular complexity index is 643. The Morgan fingerprint density at radius 3 is 2.95 bits per heavy atom. The number of fused-ring (bicyclic) bond motifs is 4. The van der Waals surface area contributed by atoms with E-state index in [1.165, 1.54) is 32.3 Å². The number of hydrogen-bond donors (Lipinski definition) is 1. The first-order valence-electron chi connectivity index (χ1n) is 7.17. The normalized spacial score (nSPS) is 28.7. The second kappa shape index (κ2) is 4.59. The summed E-state index contributed by atoms with van der Waals surface area (Å²) in [6.07, 6.45) is 3.77. The fourth-order valence-corrected chi connectivity index (χ4v) is 3.44. The van der Waals surface area contributed by atoms with E-state index >= 15 is 0 Å². The number of carbonyl (C=O) groups is 1. The molecular formula is C15H17N3O2. The van der Waals surface area contributed by atoms with Crippen molar-refractivity contribution in [2.75, 3.05) is 19.6 Å². The Balaban J connectivity index is 1.57. The number of carbonyl (C=O) groups excluding carboxylic acids is 1. The van der Waals surface area contributed by atoms with Crippen molar-refractivity contribution in [1.82, 2.24) is 15.2 Å². The van der Waals surface area contributed by atoms with Gasteiger partial charge >= 0.3 is 0 Å². The quantitative estimate of drug-likeness (QED) is 0.902. The lowest BCUT2D eigenvalue weighted by Gasteiger charge is -2.44. The molecule has 3 aliphatic rings. The molecule has 1 aromatic carbocycles. The first kappa shape index (κ1) is 11.9. The van der Waals surface area contributed by atoms with Crippen LogP contribution in [0.15, 0.2) is 29.0 Å². The lowest BCUT2D eigenvalue weighted by molar-refractivity contribution is 0.0621. The second-order valence-electron chi connectivity index (χ2n) is 5.72. The predicted molar refractivity (Wildman–Crippen MR) is 74.4 cm³/mol. The van der Waals surface area contributed by atoms with Crippen LogP contribution in [-0.4, -0.2) is 41.5 Å². The second-order valence-corrected chi connectivity index (χ2v) is 5.72. The summed E-state index contributed by atoms with van der Waals surface area (Å²) in [6, 6.07) is 5.74. The minimum Gasteiger partial charge on any atom is -0.443 e. The number of amides is 1. The monoisotopic (exact) mass is 271 g/mol. The summed E-state index contributed by atoms with van der Waals surface area (Å²) in [5.41, 5.74) is 1.91. The molecule has 1 aromatic heterocycles. The summed E-state index contributed by atoms with van der Waals surface area (Å²) in [4.78, 5) is 19.1. The molecule has 0 radical (unpaired) electrons. The molecule has 5 rings (SSSR count). The van der Waals surface area contributed by atoms with Gasteiger partial charge in [0.2, 0.25) is 0 Å². The molecule has 1 N–H and O–H groups in total. The number of piperidine rings is 3. The molecule has 0 spiro atoms. The molecular weight excluding hydrogens is 254 g/mol. The van der Waals surface area contributed by atoms with Gasteiger partial charge in [0.05, 0.1) is 5.56 Å². The molecule has 2 bridgehead atoms. The number of oxazole rings is 1. The lowest BCUT2D eigenvalue weighted by atomic mass is 9.84. The van der Waals surface area contributed by atoms with Crippen molar-refractivity contribution in [3.05, 3.63) is 30.2 Å². The van der Waals surface area contributed by atoms with Crippen molar-refractivity contribution in [3.8, 4) is 0 Å². The molecule has 3 aliphatic heterocycles. The van der Waals surface area contributed by atoms with Gasteiger partial charge in [0.25, 0.3) is 5.91 Å². The van der Waals surface area contributed by atoms with Gasteiger partial charge in [-0.05, 0) is 44.0 Å². The zero-order valence-corrected chi connectivity index (χ0v) is 11.2. The van der Waals surface area contributed by atoms with Crippen molar-refractivity contribution < 1.29 is 9.21 Å². The van der Waals surface area contributed by atoms with Gasteiger partial charge in [-0.1, -0.05) is 6.07 Å². The number of para-hydroxylation sites is 1. The van der Waals surface area contributed by atoms with Gasteiger partial charge in [0.1, 0.15) is 5.52 Å². The third-order valence-electron chi connectivity index (χ3n) is 4.58. The Labute approximate surface area is 117 Å². The van der Waals surface area contributed by atoms with Gasteiger partial charge in [-0.3, -0.25) is 4.79 Å². The Hall–Kier alpha value is -1.88. The summed E-state index contributed by atoms with van der Waals surface area (Å²) < 4.78 is 5.25. The highest BCUT2D eigenvalue weighted by Gasteiger charge is 2.35. The van der Waals surface area contributed by atoms with Crippen molar-refractivity contribution in [2.24, 2.45) is 5.92 Å². The van der Waals surface area contributed by atoms with Crippen LogP contribution < -0.4 is 5.32 Å². The summed E-state index contributed by atoms with van der Waals surface area (Å²) in [5, 5.41) is 3.19. The van der Waals surface area contributed by atoms with E-state index in [9.17, 15) is 4.79 Å². The zero-order valence-electron chi connectivity index (χ0n) is 11.2. The SMILES string of the molecule is O=C(NC1CN2CCC1CC2)c1cccc2ocnc12. The maximum Gasteiger partial charge on any atom is 0.253 e. The van der Waals surface area contributed by atoms with Crippen LogP contribution in [0.1, 0.15) is 23.2 Å². The van der Waals surface area contributed by atoms with E-state index in [-0.39, 0.29) is 11.9 Å². The topological polar surface area (TPSA) is 58.4 Å². The summed E-state index contributed by atoms with van der Waals surface area (Å²) in [5.74, 6) is 0.587. The fraction of sp³-hybridized carbons (Fsp3) is 0.467. The van der Waals surface area contributed by atoms with E-state index in [1.54, 1.807) is 0 Å². The molecule has 1 atom stereocenters. The Morgan fingerprint density at radius 1 is 1.35 bits per heavy atom. The van der Waals surface area contributed by atoms with Crippen LogP contribution in [0, 0.1) is 5.92 Å². The van der Waals surface area contributed by atoms with Gasteiger partial charge in [-0.15, -0.1) is 0 Å². The summed E-state index contributed by atoms with van der Waals surface area (Å²) in [6.45, 7) is 3.33. The number of aromatic nitrogens is 1. The average molecular weight is 271 g/mol. The van der Waals surface area contributed by atoms with E-state index in [0.29, 0.717) is 22.6 Å². The molecule has 1 amide bonds. The minimum absolute atomic E-state index is 0.0387. The maximum absolute atomic E-state index is 12.5. The average Bonchev–Trinajstić information content (AvgIpc) is 2.96. The maximum atomic E-state index is 12.5. The molecule has 3 saturated heterocycles. The number of nitrogens with zero attached hydrogens (tertiary/aromatic N) is 2. The molecule has 104 valence electrons. The lowest BCUT2D eigenvalue weighted by Crippen LogP contribution is -2.57. The predicted octanol–water partition coefficient (Wildman–Crippen LogP) is 1.65. The van der Waals surface area contributed by atoms with Gasteiger partial charge < -0.3 is 14.6 Å². The third kappa shape index (κ3) is 1.89. The number of nitrogens with one attached hydrogen (secondary N) is 1. The molecule has 4 heterocycles. The van der Waals surface area contributed by atoms with Crippen LogP contribution in [0.4, 0.5) is 0 Å². The highest BCUT2D eigenvalue weighted by atomic mass is 16.3. The van der Waals surface area contributed by atoms with Crippen LogP contribution >= 0.6 is 0 Å². The Kier molecular flexibility index (Phi) is 2.73. The van der Waals surface area contributed by atoms with E-state index < -0.39 is 0 Å². The van der Waals surface area contributed by atoms with Crippen molar-refractivity contribution in [3.63, 3.8) is 0 Å².